The molecule has 4 rings (SSSR count). The lowest BCUT2D eigenvalue weighted by molar-refractivity contribution is 0.114. The lowest BCUT2D eigenvalue weighted by Gasteiger charge is -2.37. The lowest BCUT2D eigenvalue weighted by atomic mass is 10.0. The van der Waals surface area contributed by atoms with Crippen LogP contribution in [0.5, 0.6) is 5.75 Å². The third-order valence-electron chi connectivity index (χ3n) is 5.79. The van der Waals surface area contributed by atoms with Gasteiger partial charge in [-0.15, -0.1) is 0 Å². The molecule has 2 amide bonds. The normalized spacial score (nSPS) is 20.8. The van der Waals surface area contributed by atoms with Crippen molar-refractivity contribution < 1.29 is 9.53 Å². The summed E-state index contributed by atoms with van der Waals surface area (Å²) in [5, 5.41) is 8.79. The van der Waals surface area contributed by atoms with Crippen molar-refractivity contribution in [3.8, 4) is 5.75 Å². The molecule has 2 aliphatic rings. The van der Waals surface area contributed by atoms with Crippen LogP contribution in [0.1, 0.15) is 12.0 Å². The van der Waals surface area contributed by atoms with Gasteiger partial charge in [0.25, 0.3) is 0 Å². The number of nitrogens with one attached hydrogen (secondary N) is 2. The number of urea groups is 1. The van der Waals surface area contributed by atoms with Gasteiger partial charge in [0.15, 0.2) is 0 Å². The van der Waals surface area contributed by atoms with E-state index in [0.717, 1.165) is 61.4 Å². The molecule has 0 bridgehead atoms. The summed E-state index contributed by atoms with van der Waals surface area (Å²) in [6, 6.07) is 12.9. The van der Waals surface area contributed by atoms with Gasteiger partial charge in [0.2, 0.25) is 0 Å². The highest BCUT2D eigenvalue weighted by molar-refractivity contribution is 5.88. The number of carbonyl (C=O) groups is 1. The highest BCUT2D eigenvalue weighted by atomic mass is 16.5. The van der Waals surface area contributed by atoms with Gasteiger partial charge < -0.3 is 20.3 Å². The standard InChI is InChI=1S/C21H28N4O2/c1-27-20-7-6-16-4-2-3-5-18(16)19(20)15-23-21(26)25-12-10-24(11-13-25)17-8-9-22-14-17/h2-7,17,22H,8-15H2,1H3,(H,23,26). The zero-order valence-corrected chi connectivity index (χ0v) is 15.9. The second kappa shape index (κ2) is 8.15. The number of hydrogen-bond acceptors (Lipinski definition) is 4. The average molecular weight is 368 g/mol. The van der Waals surface area contributed by atoms with E-state index in [1.165, 1.54) is 6.42 Å². The third kappa shape index (κ3) is 3.87. The molecule has 2 fully saturated rings. The molecule has 0 aromatic heterocycles. The highest BCUT2D eigenvalue weighted by Crippen LogP contribution is 2.27. The summed E-state index contributed by atoms with van der Waals surface area (Å²) in [5.74, 6) is 0.813. The molecule has 2 aromatic carbocycles. The van der Waals surface area contributed by atoms with E-state index in [9.17, 15) is 4.79 Å². The number of methoxy groups -OCH3 is 1. The number of carbonyl (C=O) groups excluding carboxylic acids is 1. The van der Waals surface area contributed by atoms with Crippen molar-refractivity contribution in [1.29, 1.82) is 0 Å². The summed E-state index contributed by atoms with van der Waals surface area (Å²) in [5.41, 5.74) is 1.03. The van der Waals surface area contributed by atoms with Gasteiger partial charge in [0.05, 0.1) is 7.11 Å². The first-order valence-electron chi connectivity index (χ1n) is 9.78. The van der Waals surface area contributed by atoms with Crippen molar-refractivity contribution in [3.63, 3.8) is 0 Å². The maximum absolute atomic E-state index is 12.7. The van der Waals surface area contributed by atoms with Crippen molar-refractivity contribution in [2.45, 2.75) is 19.0 Å². The van der Waals surface area contributed by atoms with Crippen LogP contribution in [-0.4, -0.2) is 68.3 Å². The number of rotatable bonds is 4. The number of ether oxygens (including phenoxy) is 1. The molecule has 2 aliphatic heterocycles. The maximum atomic E-state index is 12.7. The Kier molecular flexibility index (Phi) is 5.45. The van der Waals surface area contributed by atoms with E-state index in [-0.39, 0.29) is 6.03 Å². The van der Waals surface area contributed by atoms with Gasteiger partial charge >= 0.3 is 6.03 Å². The van der Waals surface area contributed by atoms with Gasteiger partial charge in [-0.3, -0.25) is 4.90 Å². The monoisotopic (exact) mass is 368 g/mol. The predicted molar refractivity (Wildman–Crippen MR) is 107 cm³/mol. The number of fused-ring (bicyclic) bond motifs is 1. The molecule has 0 radical (unpaired) electrons. The number of nitrogens with zero attached hydrogens (tertiary/aromatic N) is 2. The van der Waals surface area contributed by atoms with E-state index in [1.807, 2.05) is 23.1 Å². The van der Waals surface area contributed by atoms with Crippen molar-refractivity contribution in [2.75, 3.05) is 46.4 Å². The van der Waals surface area contributed by atoms with Gasteiger partial charge in [-0.25, -0.2) is 4.79 Å². The molecule has 2 N–H and O–H groups in total. The fourth-order valence-electron chi connectivity index (χ4n) is 4.21. The molecule has 2 heterocycles. The van der Waals surface area contributed by atoms with Gasteiger partial charge in [-0.2, -0.15) is 0 Å². The molecule has 0 saturated carbocycles. The van der Waals surface area contributed by atoms with E-state index in [1.54, 1.807) is 7.11 Å². The molecule has 1 unspecified atom stereocenters. The van der Waals surface area contributed by atoms with Crippen molar-refractivity contribution in [3.05, 3.63) is 42.0 Å². The molecule has 1 atom stereocenters. The summed E-state index contributed by atoms with van der Waals surface area (Å²) < 4.78 is 5.52. The quantitative estimate of drug-likeness (QED) is 0.867. The molecule has 2 saturated heterocycles. The Morgan fingerprint density at radius 1 is 1.19 bits per heavy atom. The second-order valence-corrected chi connectivity index (χ2v) is 7.30. The number of piperazine rings is 1. The average Bonchev–Trinajstić information content (AvgIpc) is 3.26. The van der Waals surface area contributed by atoms with E-state index in [4.69, 9.17) is 4.74 Å². The molecule has 0 aliphatic carbocycles. The Hall–Kier alpha value is -2.31. The molecular formula is C21H28N4O2. The molecule has 0 spiro atoms. The van der Waals surface area contributed by atoms with Crippen LogP contribution in [0.2, 0.25) is 0 Å². The minimum absolute atomic E-state index is 0.00850. The van der Waals surface area contributed by atoms with E-state index >= 15 is 0 Å². The Morgan fingerprint density at radius 3 is 2.74 bits per heavy atom. The number of amides is 2. The summed E-state index contributed by atoms with van der Waals surface area (Å²) in [4.78, 5) is 17.1. The van der Waals surface area contributed by atoms with E-state index in [2.05, 4.69) is 33.7 Å². The smallest absolute Gasteiger partial charge is 0.317 e. The van der Waals surface area contributed by atoms with Crippen LogP contribution in [0.3, 0.4) is 0 Å². The molecule has 6 nitrogen and oxygen atoms in total. The molecule has 2 aromatic rings. The minimum atomic E-state index is 0.00850. The topological polar surface area (TPSA) is 56.8 Å². The second-order valence-electron chi connectivity index (χ2n) is 7.30. The first kappa shape index (κ1) is 18.1. The summed E-state index contributed by atoms with van der Waals surface area (Å²) >= 11 is 0. The van der Waals surface area contributed by atoms with Crippen molar-refractivity contribution >= 4 is 16.8 Å². The van der Waals surface area contributed by atoms with E-state index < -0.39 is 0 Å². The van der Waals surface area contributed by atoms with Crippen LogP contribution in [0.15, 0.2) is 36.4 Å². The summed E-state index contributed by atoms with van der Waals surface area (Å²) in [7, 11) is 1.67. The van der Waals surface area contributed by atoms with Gasteiger partial charge in [0.1, 0.15) is 5.75 Å². The SMILES string of the molecule is COc1ccc2ccccc2c1CNC(=O)N1CCN(C2CCNC2)CC1. The van der Waals surface area contributed by atoms with Gasteiger partial charge in [0, 0.05) is 50.9 Å². The fourth-order valence-corrected chi connectivity index (χ4v) is 4.21. The zero-order chi connectivity index (χ0) is 18.6. The fraction of sp³-hybridized carbons (Fsp3) is 0.476. The van der Waals surface area contributed by atoms with Crippen molar-refractivity contribution in [1.82, 2.24) is 20.4 Å². The number of benzene rings is 2. The molecule has 6 heteroatoms. The third-order valence-corrected chi connectivity index (χ3v) is 5.79. The Bertz CT molecular complexity index is 796. The summed E-state index contributed by atoms with van der Waals surface area (Å²) in [6.07, 6.45) is 1.22. The highest BCUT2D eigenvalue weighted by Gasteiger charge is 2.27. The first-order valence-corrected chi connectivity index (χ1v) is 9.78. The maximum Gasteiger partial charge on any atom is 0.317 e. The Labute approximate surface area is 160 Å². The Morgan fingerprint density at radius 2 is 2.00 bits per heavy atom. The van der Waals surface area contributed by atoms with E-state index in [0.29, 0.717) is 12.6 Å². The largest absolute Gasteiger partial charge is 0.496 e. The molecule has 144 valence electrons. The van der Waals surface area contributed by atoms with Crippen LogP contribution >= 0.6 is 0 Å². The number of hydrogen-bond donors (Lipinski definition) is 2. The molecular weight excluding hydrogens is 340 g/mol. The molecule has 27 heavy (non-hydrogen) atoms. The predicted octanol–water partition coefficient (Wildman–Crippen LogP) is 2.04. The van der Waals surface area contributed by atoms with Crippen LogP contribution in [0.25, 0.3) is 10.8 Å². The van der Waals surface area contributed by atoms with Crippen LogP contribution < -0.4 is 15.4 Å². The zero-order valence-electron chi connectivity index (χ0n) is 15.9. The van der Waals surface area contributed by atoms with Crippen LogP contribution in [0.4, 0.5) is 4.79 Å². The van der Waals surface area contributed by atoms with Gasteiger partial charge in [-0.1, -0.05) is 30.3 Å². The Balaban J connectivity index is 1.38. The van der Waals surface area contributed by atoms with Crippen LogP contribution in [0, 0.1) is 0 Å². The lowest BCUT2D eigenvalue weighted by Crippen LogP contribution is -2.54. The van der Waals surface area contributed by atoms with Crippen molar-refractivity contribution in [2.24, 2.45) is 0 Å². The summed E-state index contributed by atoms with van der Waals surface area (Å²) in [6.45, 7) is 6.14. The minimum Gasteiger partial charge on any atom is -0.496 e. The first-order chi connectivity index (χ1) is 13.3. The van der Waals surface area contributed by atoms with Gasteiger partial charge in [-0.05, 0) is 29.8 Å². The van der Waals surface area contributed by atoms with Crippen LogP contribution in [-0.2, 0) is 6.54 Å².